The van der Waals surface area contributed by atoms with E-state index >= 15 is 0 Å². The third kappa shape index (κ3) is 3.73. The summed E-state index contributed by atoms with van der Waals surface area (Å²) in [6.07, 6.45) is 0. The Balaban J connectivity index is 1.91. The third-order valence-corrected chi connectivity index (χ3v) is 5.57. The number of hydrogen-bond donors (Lipinski definition) is 1. The fourth-order valence-corrected chi connectivity index (χ4v) is 3.88. The van der Waals surface area contributed by atoms with E-state index in [0.717, 1.165) is 38.5 Å². The first-order valence-electron chi connectivity index (χ1n) is 10.3. The Morgan fingerprint density at radius 1 is 0.871 bits per heavy atom. The number of aromatic carboxylic acids is 1. The zero-order chi connectivity index (χ0) is 22.3. The molecule has 0 radical (unpaired) electrons. The number of nitrogens with zero attached hydrogens (tertiary/aromatic N) is 3. The van der Waals surface area contributed by atoms with Crippen LogP contribution < -0.4 is 0 Å². The lowest BCUT2D eigenvalue weighted by Gasteiger charge is -2.14. The molecule has 0 saturated heterocycles. The fourth-order valence-electron chi connectivity index (χ4n) is 3.88. The van der Waals surface area contributed by atoms with Gasteiger partial charge in [-0.05, 0) is 64.4 Å². The average molecular weight is 409 g/mol. The van der Waals surface area contributed by atoms with Gasteiger partial charge in [-0.15, -0.1) is 0 Å². The highest BCUT2D eigenvalue weighted by atomic mass is 16.4. The van der Waals surface area contributed by atoms with E-state index in [9.17, 15) is 15.2 Å². The van der Waals surface area contributed by atoms with Gasteiger partial charge in [0.05, 0.1) is 11.0 Å². The van der Waals surface area contributed by atoms with Gasteiger partial charge in [0, 0.05) is 10.8 Å². The summed E-state index contributed by atoms with van der Waals surface area (Å²) in [6.45, 7) is 8.26. The number of rotatable bonds is 4. The summed E-state index contributed by atoms with van der Waals surface area (Å²) >= 11 is 0. The van der Waals surface area contributed by atoms with Crippen LogP contribution in [0.15, 0.2) is 48.5 Å². The van der Waals surface area contributed by atoms with Crippen LogP contribution in [0.5, 0.6) is 0 Å². The first-order valence-corrected chi connectivity index (χ1v) is 10.3. The number of benzene rings is 2. The zero-order valence-electron chi connectivity index (χ0n) is 18.0. The van der Waals surface area contributed by atoms with Crippen molar-refractivity contribution in [1.82, 2.24) is 9.97 Å². The molecule has 5 heteroatoms. The van der Waals surface area contributed by atoms with Crippen molar-refractivity contribution in [2.75, 3.05) is 0 Å². The van der Waals surface area contributed by atoms with Crippen LogP contribution in [-0.4, -0.2) is 21.0 Å². The number of hydrogen-bond acceptors (Lipinski definition) is 4. The maximum absolute atomic E-state index is 11.4. The largest absolute Gasteiger partial charge is 0.477 e. The van der Waals surface area contributed by atoms with Crippen LogP contribution in [0.25, 0.3) is 32.9 Å². The van der Waals surface area contributed by atoms with Gasteiger partial charge in [-0.3, -0.25) is 0 Å². The molecule has 2 aromatic heterocycles. The maximum atomic E-state index is 11.4. The van der Waals surface area contributed by atoms with Gasteiger partial charge in [0.25, 0.3) is 0 Å². The summed E-state index contributed by atoms with van der Waals surface area (Å²) < 4.78 is 0. The van der Waals surface area contributed by atoms with Crippen LogP contribution in [0.2, 0.25) is 0 Å². The highest BCUT2D eigenvalue weighted by Gasteiger charge is 2.15. The van der Waals surface area contributed by atoms with E-state index in [0.29, 0.717) is 11.2 Å². The number of carbonyl (C=O) groups is 1. The third-order valence-electron chi connectivity index (χ3n) is 5.57. The number of aromatic nitrogens is 2. The number of carboxylic acid groups (broad SMARTS) is 1. The van der Waals surface area contributed by atoms with E-state index in [2.05, 4.69) is 55.9 Å². The molecule has 31 heavy (non-hydrogen) atoms. The van der Waals surface area contributed by atoms with Crippen LogP contribution in [0.3, 0.4) is 0 Å². The second-order valence-corrected chi connectivity index (χ2v) is 8.39. The Morgan fingerprint density at radius 2 is 1.58 bits per heavy atom. The topological polar surface area (TPSA) is 86.9 Å². The fraction of sp³-hybridized carbons (Fsp3) is 0.231. The minimum atomic E-state index is -1.03. The number of nitriles is 1. The second kappa shape index (κ2) is 7.81. The molecule has 0 fully saturated rings. The molecular formula is C26H23N3O2. The predicted molar refractivity (Wildman–Crippen MR) is 122 cm³/mol. The van der Waals surface area contributed by atoms with Gasteiger partial charge in [0.15, 0.2) is 0 Å². The van der Waals surface area contributed by atoms with Crippen molar-refractivity contribution in [2.24, 2.45) is 0 Å². The van der Waals surface area contributed by atoms with Crippen molar-refractivity contribution >= 4 is 27.8 Å². The number of pyridine rings is 2. The normalized spacial score (nSPS) is 11.4. The van der Waals surface area contributed by atoms with Crippen molar-refractivity contribution in [2.45, 2.75) is 39.5 Å². The van der Waals surface area contributed by atoms with Crippen LogP contribution in [0, 0.1) is 11.3 Å². The van der Waals surface area contributed by atoms with Crippen molar-refractivity contribution in [3.63, 3.8) is 0 Å². The molecule has 4 rings (SSSR count). The Hall–Kier alpha value is -3.78. The van der Waals surface area contributed by atoms with Crippen LogP contribution >= 0.6 is 0 Å². The van der Waals surface area contributed by atoms with Gasteiger partial charge in [-0.25, -0.2) is 14.8 Å². The molecule has 2 heterocycles. The SMILES string of the molecule is CC(C)c1cc2ccc(-c3cc(C(C)C)c4nc(C(=O)O)ccc4c3)cc2nc1C#N. The molecule has 2 aromatic carbocycles. The van der Waals surface area contributed by atoms with Gasteiger partial charge in [-0.2, -0.15) is 5.26 Å². The van der Waals surface area contributed by atoms with Gasteiger partial charge < -0.3 is 5.11 Å². The second-order valence-electron chi connectivity index (χ2n) is 8.39. The summed E-state index contributed by atoms with van der Waals surface area (Å²) in [6, 6.07) is 17.8. The summed E-state index contributed by atoms with van der Waals surface area (Å²) in [5.41, 5.74) is 5.96. The summed E-state index contributed by atoms with van der Waals surface area (Å²) in [7, 11) is 0. The van der Waals surface area contributed by atoms with Gasteiger partial charge in [-0.1, -0.05) is 45.9 Å². The van der Waals surface area contributed by atoms with Gasteiger partial charge >= 0.3 is 5.97 Å². The Kier molecular flexibility index (Phi) is 5.16. The smallest absolute Gasteiger partial charge is 0.354 e. The van der Waals surface area contributed by atoms with E-state index in [1.807, 2.05) is 30.3 Å². The lowest BCUT2D eigenvalue weighted by Crippen LogP contribution is -2.02. The minimum absolute atomic E-state index is 0.0436. The van der Waals surface area contributed by atoms with E-state index < -0.39 is 5.97 Å². The molecule has 0 saturated carbocycles. The molecule has 0 atom stereocenters. The molecule has 4 aromatic rings. The van der Waals surface area contributed by atoms with Gasteiger partial charge in [0.1, 0.15) is 17.5 Å². The standard InChI is InChI=1S/C26H23N3O2/c1-14(2)20-10-17-6-5-16(12-23(17)28-24(20)13-27)19-9-18-7-8-22(26(30)31)29-25(18)21(11-19)15(3)4/h5-12,14-15H,1-4H3,(H,30,31). The molecule has 0 spiro atoms. The maximum Gasteiger partial charge on any atom is 0.354 e. The summed E-state index contributed by atoms with van der Waals surface area (Å²) in [4.78, 5) is 20.4. The lowest BCUT2D eigenvalue weighted by atomic mass is 9.93. The number of carboxylic acids is 1. The number of fused-ring (bicyclic) bond motifs is 2. The lowest BCUT2D eigenvalue weighted by molar-refractivity contribution is 0.0691. The molecule has 0 amide bonds. The quantitative estimate of drug-likeness (QED) is 0.429. The Bertz CT molecular complexity index is 1380. The first-order chi connectivity index (χ1) is 14.8. The molecule has 154 valence electrons. The summed E-state index contributed by atoms with van der Waals surface area (Å²) in [5.74, 6) is -0.629. The molecule has 0 aliphatic rings. The van der Waals surface area contributed by atoms with Crippen molar-refractivity contribution in [3.8, 4) is 17.2 Å². The Labute approximate surface area is 181 Å². The van der Waals surface area contributed by atoms with Crippen LogP contribution in [0.1, 0.15) is 66.8 Å². The first kappa shape index (κ1) is 20.5. The molecule has 0 bridgehead atoms. The molecule has 0 aliphatic heterocycles. The van der Waals surface area contributed by atoms with Crippen LogP contribution in [-0.2, 0) is 0 Å². The van der Waals surface area contributed by atoms with Gasteiger partial charge in [0.2, 0.25) is 0 Å². The van der Waals surface area contributed by atoms with Crippen molar-refractivity contribution in [3.05, 3.63) is 71.0 Å². The van der Waals surface area contributed by atoms with E-state index in [4.69, 9.17) is 0 Å². The van der Waals surface area contributed by atoms with Crippen LogP contribution in [0.4, 0.5) is 0 Å². The monoisotopic (exact) mass is 409 g/mol. The Morgan fingerprint density at radius 3 is 2.23 bits per heavy atom. The van der Waals surface area contributed by atoms with E-state index in [1.54, 1.807) is 0 Å². The van der Waals surface area contributed by atoms with E-state index in [-0.39, 0.29) is 17.5 Å². The van der Waals surface area contributed by atoms with Crippen molar-refractivity contribution in [1.29, 1.82) is 5.26 Å². The molecule has 1 N–H and O–H groups in total. The summed E-state index contributed by atoms with van der Waals surface area (Å²) in [5, 5.41) is 20.7. The molecule has 0 unspecified atom stereocenters. The molecular weight excluding hydrogens is 386 g/mol. The molecule has 5 nitrogen and oxygen atoms in total. The highest BCUT2D eigenvalue weighted by molar-refractivity contribution is 5.94. The minimum Gasteiger partial charge on any atom is -0.477 e. The van der Waals surface area contributed by atoms with E-state index in [1.165, 1.54) is 6.07 Å². The average Bonchev–Trinajstić information content (AvgIpc) is 2.76. The molecule has 0 aliphatic carbocycles. The zero-order valence-corrected chi connectivity index (χ0v) is 18.0. The highest BCUT2D eigenvalue weighted by Crippen LogP contribution is 2.33. The van der Waals surface area contributed by atoms with Crippen molar-refractivity contribution < 1.29 is 9.90 Å². The predicted octanol–water partition coefficient (Wildman–Crippen LogP) is 6.27.